The number of benzene rings is 1. The van der Waals surface area contributed by atoms with Gasteiger partial charge in [-0.2, -0.15) is 0 Å². The maximum absolute atomic E-state index is 11.9. The van der Waals surface area contributed by atoms with E-state index in [0.29, 0.717) is 29.8 Å². The average Bonchev–Trinajstić information content (AvgIpc) is 3.20. The molecule has 1 aromatic carbocycles. The van der Waals surface area contributed by atoms with Crippen LogP contribution < -0.4 is 15.4 Å². The maximum Gasteiger partial charge on any atom is 0.243 e. The summed E-state index contributed by atoms with van der Waals surface area (Å²) in [5.74, 6) is 1.18. The summed E-state index contributed by atoms with van der Waals surface area (Å²) in [7, 11) is 3.44. The summed E-state index contributed by atoms with van der Waals surface area (Å²) in [6.45, 7) is 4.12. The van der Waals surface area contributed by atoms with Gasteiger partial charge in [0.1, 0.15) is 18.4 Å². The predicted molar refractivity (Wildman–Crippen MR) is 128 cm³/mol. The molecule has 0 spiro atoms. The second-order valence-corrected chi connectivity index (χ2v) is 7.34. The monoisotopic (exact) mass is 538 g/mol. The predicted octanol–water partition coefficient (Wildman–Crippen LogP) is 2.92. The minimum Gasteiger partial charge on any atom is -0.487 e. The summed E-state index contributed by atoms with van der Waals surface area (Å²) < 4.78 is 11.7. The number of carbonyl (C=O) groups excluding carboxylic acids is 1. The van der Waals surface area contributed by atoms with Gasteiger partial charge < -0.3 is 25.0 Å². The van der Waals surface area contributed by atoms with Gasteiger partial charge in [-0.25, -0.2) is 4.99 Å². The van der Waals surface area contributed by atoms with Gasteiger partial charge >= 0.3 is 0 Å². The molecule has 9 heteroatoms. The van der Waals surface area contributed by atoms with E-state index in [-0.39, 0.29) is 48.6 Å². The highest BCUT2D eigenvalue weighted by atomic mass is 127. The van der Waals surface area contributed by atoms with E-state index in [2.05, 4.69) is 22.5 Å². The first-order chi connectivity index (χ1) is 13.5. The fourth-order valence-corrected chi connectivity index (χ4v) is 2.86. The van der Waals surface area contributed by atoms with E-state index < -0.39 is 0 Å². The molecule has 0 radical (unpaired) electrons. The second-order valence-electron chi connectivity index (χ2n) is 6.93. The number of para-hydroxylation sites is 1. The number of hydrogen-bond acceptors (Lipinski definition) is 4. The van der Waals surface area contributed by atoms with Crippen molar-refractivity contribution in [2.24, 2.45) is 4.99 Å². The van der Waals surface area contributed by atoms with E-state index >= 15 is 0 Å². The fourth-order valence-electron chi connectivity index (χ4n) is 2.68. The second kappa shape index (κ2) is 13.9. The number of nitrogens with zero attached hydrogens (tertiary/aromatic N) is 2. The van der Waals surface area contributed by atoms with Crippen molar-refractivity contribution in [1.29, 1.82) is 0 Å². The number of amides is 1. The van der Waals surface area contributed by atoms with Crippen LogP contribution in [-0.2, 0) is 9.53 Å². The highest BCUT2D eigenvalue weighted by molar-refractivity contribution is 14.0. The van der Waals surface area contributed by atoms with Gasteiger partial charge in [-0.1, -0.05) is 30.7 Å². The molecule has 2 atom stereocenters. The molecule has 7 nitrogen and oxygen atoms in total. The molecule has 1 aliphatic heterocycles. The van der Waals surface area contributed by atoms with E-state index in [1.165, 1.54) is 4.90 Å². The number of guanidine groups is 1. The SMILES string of the molecule is CCC(CNC(=NCC(=O)N(C)C)NCC1CCCO1)Oc1ccccc1Cl.I. The Labute approximate surface area is 195 Å². The van der Waals surface area contributed by atoms with E-state index in [0.717, 1.165) is 25.9 Å². The molecule has 0 bridgehead atoms. The number of carbonyl (C=O) groups is 1. The van der Waals surface area contributed by atoms with E-state index in [4.69, 9.17) is 21.1 Å². The van der Waals surface area contributed by atoms with Crippen molar-refractivity contribution in [1.82, 2.24) is 15.5 Å². The number of halogens is 2. The summed E-state index contributed by atoms with van der Waals surface area (Å²) in [6, 6.07) is 7.42. The van der Waals surface area contributed by atoms with Crippen LogP contribution >= 0.6 is 35.6 Å². The van der Waals surface area contributed by atoms with Gasteiger partial charge in [-0.3, -0.25) is 4.79 Å². The average molecular weight is 539 g/mol. The quantitative estimate of drug-likeness (QED) is 0.287. The minimum absolute atomic E-state index is 0. The molecule has 1 heterocycles. The molecule has 1 amide bonds. The third-order valence-electron chi connectivity index (χ3n) is 4.48. The van der Waals surface area contributed by atoms with Crippen LogP contribution in [-0.4, -0.2) is 69.3 Å². The fraction of sp³-hybridized carbons (Fsp3) is 0.600. The Balaban J connectivity index is 0.00000420. The zero-order valence-electron chi connectivity index (χ0n) is 17.3. The Morgan fingerprint density at radius 3 is 2.76 bits per heavy atom. The van der Waals surface area contributed by atoms with Crippen molar-refractivity contribution < 1.29 is 14.3 Å². The van der Waals surface area contributed by atoms with E-state index in [1.54, 1.807) is 20.2 Å². The molecule has 0 aromatic heterocycles. The number of aliphatic imine (C=N–C) groups is 1. The summed E-state index contributed by atoms with van der Waals surface area (Å²) >= 11 is 6.19. The Morgan fingerprint density at radius 1 is 1.38 bits per heavy atom. The highest BCUT2D eigenvalue weighted by Crippen LogP contribution is 2.24. The first-order valence-corrected chi connectivity index (χ1v) is 10.1. The summed E-state index contributed by atoms with van der Waals surface area (Å²) in [5, 5.41) is 7.13. The van der Waals surface area contributed by atoms with Crippen LogP contribution in [0, 0.1) is 0 Å². The van der Waals surface area contributed by atoms with Crippen LogP contribution in [0.4, 0.5) is 0 Å². The molecule has 1 fully saturated rings. The Morgan fingerprint density at radius 2 is 2.14 bits per heavy atom. The number of hydrogen-bond donors (Lipinski definition) is 2. The lowest BCUT2D eigenvalue weighted by molar-refractivity contribution is -0.127. The first kappa shape index (κ1) is 25.8. The lowest BCUT2D eigenvalue weighted by atomic mass is 10.2. The highest BCUT2D eigenvalue weighted by Gasteiger charge is 2.17. The smallest absolute Gasteiger partial charge is 0.243 e. The first-order valence-electron chi connectivity index (χ1n) is 9.74. The molecule has 2 unspecified atom stereocenters. The normalized spacial score (nSPS) is 17.2. The molecule has 1 saturated heterocycles. The largest absolute Gasteiger partial charge is 0.487 e. The Kier molecular flexibility index (Phi) is 12.3. The van der Waals surface area contributed by atoms with Gasteiger partial charge in [0.25, 0.3) is 0 Å². The summed E-state index contributed by atoms with van der Waals surface area (Å²) in [4.78, 5) is 17.8. The molecule has 164 valence electrons. The zero-order valence-corrected chi connectivity index (χ0v) is 20.4. The van der Waals surface area contributed by atoms with Crippen molar-refractivity contribution in [3.05, 3.63) is 29.3 Å². The molecule has 29 heavy (non-hydrogen) atoms. The lowest BCUT2D eigenvalue weighted by Crippen LogP contribution is -2.45. The molecular weight excluding hydrogens is 507 g/mol. The third kappa shape index (κ3) is 9.39. The van der Waals surface area contributed by atoms with Crippen LogP contribution in [0.3, 0.4) is 0 Å². The van der Waals surface area contributed by atoms with Crippen molar-refractivity contribution in [2.75, 3.05) is 40.3 Å². The number of nitrogens with one attached hydrogen (secondary N) is 2. The lowest BCUT2D eigenvalue weighted by Gasteiger charge is -2.21. The zero-order chi connectivity index (χ0) is 20.4. The van der Waals surface area contributed by atoms with Crippen molar-refractivity contribution in [3.8, 4) is 5.75 Å². The van der Waals surface area contributed by atoms with Gasteiger partial charge in [0.2, 0.25) is 5.91 Å². The molecule has 2 rings (SSSR count). The van der Waals surface area contributed by atoms with Gasteiger partial charge in [0, 0.05) is 27.2 Å². The summed E-state index contributed by atoms with van der Waals surface area (Å²) in [6.07, 6.45) is 3.00. The molecule has 0 saturated carbocycles. The number of likely N-dealkylation sites (N-methyl/N-ethyl adjacent to an activating group) is 1. The minimum atomic E-state index is -0.0841. The van der Waals surface area contributed by atoms with Crippen LogP contribution in [0.15, 0.2) is 29.3 Å². The van der Waals surface area contributed by atoms with Crippen molar-refractivity contribution in [3.63, 3.8) is 0 Å². The summed E-state index contributed by atoms with van der Waals surface area (Å²) in [5.41, 5.74) is 0. The molecule has 1 aromatic rings. The van der Waals surface area contributed by atoms with E-state index in [9.17, 15) is 4.79 Å². The van der Waals surface area contributed by atoms with E-state index in [1.807, 2.05) is 18.2 Å². The Hall–Kier alpha value is -1.26. The Bertz CT molecular complexity index is 654. The van der Waals surface area contributed by atoms with Gasteiger partial charge in [-0.05, 0) is 31.4 Å². The van der Waals surface area contributed by atoms with Crippen LogP contribution in [0.2, 0.25) is 5.02 Å². The topological polar surface area (TPSA) is 75.2 Å². The molecule has 2 N–H and O–H groups in total. The third-order valence-corrected chi connectivity index (χ3v) is 4.79. The van der Waals surface area contributed by atoms with Crippen molar-refractivity contribution in [2.45, 2.75) is 38.4 Å². The van der Waals surface area contributed by atoms with Crippen molar-refractivity contribution >= 4 is 47.4 Å². The van der Waals surface area contributed by atoms with Crippen LogP contribution in [0.1, 0.15) is 26.2 Å². The van der Waals surface area contributed by atoms with Gasteiger partial charge in [0.05, 0.1) is 17.7 Å². The van der Waals surface area contributed by atoms with Crippen LogP contribution in [0.25, 0.3) is 0 Å². The maximum atomic E-state index is 11.9. The number of rotatable bonds is 9. The standard InChI is InChI=1S/C20H31ClN4O3.HI/c1-4-15(28-18-10-6-5-9-17(18)21)12-22-20(24-14-19(26)25(2)3)23-13-16-8-7-11-27-16;/h5-6,9-10,15-16H,4,7-8,11-14H2,1-3H3,(H2,22,23,24);1H. The van der Waals surface area contributed by atoms with Crippen LogP contribution in [0.5, 0.6) is 5.75 Å². The molecule has 0 aliphatic carbocycles. The molecule has 1 aliphatic rings. The molecular formula is C20H32ClIN4O3. The van der Waals surface area contributed by atoms with Gasteiger partial charge in [-0.15, -0.1) is 24.0 Å². The number of ether oxygens (including phenoxy) is 2. The van der Waals surface area contributed by atoms with Gasteiger partial charge in [0.15, 0.2) is 5.96 Å².